The molecular weight excluding hydrogens is 402 g/mol. The van der Waals surface area contributed by atoms with Crippen LogP contribution in [0.2, 0.25) is 0 Å². The van der Waals surface area contributed by atoms with Crippen LogP contribution in [0.4, 0.5) is 5.69 Å². The molecule has 1 spiro atoms. The number of hydrogen-bond acceptors (Lipinski definition) is 4. The molecule has 2 aliphatic heterocycles. The second-order valence-electron chi connectivity index (χ2n) is 9.37. The fraction of sp³-hybridized carbons (Fsp3) is 0.462. The summed E-state index contributed by atoms with van der Waals surface area (Å²) in [5.41, 5.74) is 1.71. The van der Waals surface area contributed by atoms with Gasteiger partial charge in [-0.3, -0.25) is 9.59 Å². The van der Waals surface area contributed by atoms with Crippen molar-refractivity contribution in [3.05, 3.63) is 59.7 Å². The molecule has 2 N–H and O–H groups in total. The number of ether oxygens (including phenoxy) is 1. The van der Waals surface area contributed by atoms with Crippen molar-refractivity contribution < 1.29 is 14.3 Å². The molecule has 32 heavy (non-hydrogen) atoms. The van der Waals surface area contributed by atoms with E-state index in [4.69, 9.17) is 4.74 Å². The predicted octanol–water partition coefficient (Wildman–Crippen LogP) is 4.07. The maximum Gasteiger partial charge on any atom is 0.255 e. The molecule has 6 nitrogen and oxygen atoms in total. The van der Waals surface area contributed by atoms with Crippen molar-refractivity contribution in [1.82, 2.24) is 10.2 Å². The zero-order chi connectivity index (χ0) is 22.2. The molecule has 0 aromatic heterocycles. The predicted molar refractivity (Wildman–Crippen MR) is 124 cm³/mol. The lowest BCUT2D eigenvalue weighted by molar-refractivity contribution is -0.140. The monoisotopic (exact) mass is 433 g/mol. The molecule has 0 atom stereocenters. The maximum absolute atomic E-state index is 14.0. The van der Waals surface area contributed by atoms with Gasteiger partial charge in [0, 0.05) is 31.6 Å². The fourth-order valence-electron chi connectivity index (χ4n) is 5.70. The minimum absolute atomic E-state index is 0.0406. The van der Waals surface area contributed by atoms with Crippen LogP contribution in [0.1, 0.15) is 60.9 Å². The molecule has 1 saturated heterocycles. The lowest BCUT2D eigenvalue weighted by Gasteiger charge is -2.48. The lowest BCUT2D eigenvalue weighted by atomic mass is 9.68. The van der Waals surface area contributed by atoms with Crippen molar-refractivity contribution in [3.8, 4) is 5.75 Å². The van der Waals surface area contributed by atoms with Crippen LogP contribution in [0.15, 0.2) is 48.5 Å². The minimum Gasteiger partial charge on any atom is -0.497 e. The standard InChI is InChI=1S/C26H31N3O3/c1-32-20-11-9-19(10-12-20)25(13-5-2-6-14-25)24(31)29-17-15-26(16-18-29)27-22-8-4-3-7-21(22)23(30)28-26/h3-4,7-12,27H,2,5-6,13-18H2,1H3,(H,28,30). The van der Waals surface area contributed by atoms with Gasteiger partial charge in [0.15, 0.2) is 0 Å². The Bertz CT molecular complexity index is 1000. The summed E-state index contributed by atoms with van der Waals surface area (Å²) in [6, 6.07) is 15.7. The molecule has 6 heteroatoms. The van der Waals surface area contributed by atoms with E-state index in [1.165, 1.54) is 6.42 Å². The molecule has 0 radical (unpaired) electrons. The van der Waals surface area contributed by atoms with Crippen LogP contribution in [0.3, 0.4) is 0 Å². The van der Waals surface area contributed by atoms with E-state index in [2.05, 4.69) is 22.8 Å². The van der Waals surface area contributed by atoms with Crippen molar-refractivity contribution in [3.63, 3.8) is 0 Å². The molecular formula is C26H31N3O3. The number of piperidine rings is 1. The number of hydrogen-bond donors (Lipinski definition) is 2. The summed E-state index contributed by atoms with van der Waals surface area (Å²) in [7, 11) is 1.66. The van der Waals surface area contributed by atoms with Crippen molar-refractivity contribution in [2.45, 2.75) is 56.0 Å². The van der Waals surface area contributed by atoms with Gasteiger partial charge in [-0.15, -0.1) is 0 Å². The summed E-state index contributed by atoms with van der Waals surface area (Å²) >= 11 is 0. The number of para-hydroxylation sites is 1. The van der Waals surface area contributed by atoms with E-state index >= 15 is 0 Å². The number of carbonyl (C=O) groups excluding carboxylic acids is 2. The molecule has 2 aromatic rings. The Balaban J connectivity index is 1.35. The maximum atomic E-state index is 14.0. The van der Waals surface area contributed by atoms with Crippen LogP contribution in [0, 0.1) is 0 Å². The van der Waals surface area contributed by atoms with Gasteiger partial charge >= 0.3 is 0 Å². The molecule has 3 aliphatic rings. The van der Waals surface area contributed by atoms with Gasteiger partial charge in [0.2, 0.25) is 5.91 Å². The van der Waals surface area contributed by atoms with Gasteiger partial charge in [0.1, 0.15) is 11.4 Å². The Morgan fingerprint density at radius 2 is 1.59 bits per heavy atom. The van der Waals surface area contributed by atoms with E-state index in [0.29, 0.717) is 31.5 Å². The van der Waals surface area contributed by atoms with Gasteiger partial charge in [-0.1, -0.05) is 43.5 Å². The molecule has 0 unspecified atom stereocenters. The number of rotatable bonds is 3. The van der Waals surface area contributed by atoms with Crippen molar-refractivity contribution in [2.75, 3.05) is 25.5 Å². The molecule has 2 heterocycles. The van der Waals surface area contributed by atoms with E-state index < -0.39 is 11.1 Å². The zero-order valence-electron chi connectivity index (χ0n) is 18.7. The molecule has 1 aliphatic carbocycles. The van der Waals surface area contributed by atoms with Crippen LogP contribution in [-0.4, -0.2) is 42.6 Å². The third-order valence-corrected chi connectivity index (χ3v) is 7.56. The quantitative estimate of drug-likeness (QED) is 0.766. The average Bonchev–Trinajstić information content (AvgIpc) is 2.84. The summed E-state index contributed by atoms with van der Waals surface area (Å²) in [6.45, 7) is 1.26. The first-order valence-electron chi connectivity index (χ1n) is 11.7. The number of amides is 2. The average molecular weight is 434 g/mol. The van der Waals surface area contributed by atoms with E-state index in [1.807, 2.05) is 41.3 Å². The highest BCUT2D eigenvalue weighted by atomic mass is 16.5. The number of carbonyl (C=O) groups is 2. The van der Waals surface area contributed by atoms with Crippen molar-refractivity contribution >= 4 is 17.5 Å². The number of methoxy groups -OCH3 is 1. The largest absolute Gasteiger partial charge is 0.497 e. The SMILES string of the molecule is COc1ccc(C2(C(=O)N3CCC4(CC3)NC(=O)c3ccccc3N4)CCCCC2)cc1. The second kappa shape index (κ2) is 8.15. The number of likely N-dealkylation sites (tertiary alicyclic amines) is 1. The Morgan fingerprint density at radius 1 is 0.906 bits per heavy atom. The summed E-state index contributed by atoms with van der Waals surface area (Å²) in [6.07, 6.45) is 6.50. The van der Waals surface area contributed by atoms with E-state index in [-0.39, 0.29) is 11.8 Å². The minimum atomic E-state index is -0.484. The molecule has 5 rings (SSSR count). The second-order valence-corrected chi connectivity index (χ2v) is 9.37. The van der Waals surface area contributed by atoms with Crippen LogP contribution < -0.4 is 15.4 Å². The molecule has 2 amide bonds. The fourth-order valence-corrected chi connectivity index (χ4v) is 5.70. The first kappa shape index (κ1) is 20.9. The van der Waals surface area contributed by atoms with Crippen LogP contribution >= 0.6 is 0 Å². The van der Waals surface area contributed by atoms with Gasteiger partial charge in [0.25, 0.3) is 5.91 Å². The summed E-state index contributed by atoms with van der Waals surface area (Å²) < 4.78 is 5.33. The Morgan fingerprint density at radius 3 is 2.28 bits per heavy atom. The smallest absolute Gasteiger partial charge is 0.255 e. The van der Waals surface area contributed by atoms with E-state index in [9.17, 15) is 9.59 Å². The Kier molecular flexibility index (Phi) is 5.31. The third kappa shape index (κ3) is 3.51. The first-order valence-corrected chi connectivity index (χ1v) is 11.7. The molecule has 0 bridgehead atoms. The highest BCUT2D eigenvalue weighted by Crippen LogP contribution is 2.42. The third-order valence-electron chi connectivity index (χ3n) is 7.56. The summed E-state index contributed by atoms with van der Waals surface area (Å²) in [4.78, 5) is 28.6. The van der Waals surface area contributed by atoms with E-state index in [1.54, 1.807) is 7.11 Å². The number of nitrogens with zero attached hydrogens (tertiary/aromatic N) is 1. The molecule has 2 aromatic carbocycles. The van der Waals surface area contributed by atoms with Gasteiger partial charge in [-0.05, 0) is 42.7 Å². The van der Waals surface area contributed by atoms with Crippen LogP contribution in [-0.2, 0) is 10.2 Å². The molecule has 168 valence electrons. The normalized spacial score (nSPS) is 21.3. The van der Waals surface area contributed by atoms with Crippen LogP contribution in [0.5, 0.6) is 5.75 Å². The number of benzene rings is 2. The van der Waals surface area contributed by atoms with Crippen molar-refractivity contribution in [2.24, 2.45) is 0 Å². The Hall–Kier alpha value is -3.02. The van der Waals surface area contributed by atoms with Gasteiger partial charge in [-0.25, -0.2) is 0 Å². The van der Waals surface area contributed by atoms with Crippen molar-refractivity contribution in [1.29, 1.82) is 0 Å². The topological polar surface area (TPSA) is 70.7 Å². The number of anilines is 1. The van der Waals surface area contributed by atoms with E-state index in [0.717, 1.165) is 42.7 Å². The first-order chi connectivity index (χ1) is 15.6. The molecule has 2 fully saturated rings. The highest BCUT2D eigenvalue weighted by molar-refractivity contribution is 6.02. The van der Waals surface area contributed by atoms with Gasteiger partial charge in [0.05, 0.1) is 18.1 Å². The number of nitrogens with one attached hydrogen (secondary N) is 2. The number of fused-ring (bicyclic) bond motifs is 1. The molecule has 1 saturated carbocycles. The Labute approximate surface area is 189 Å². The van der Waals surface area contributed by atoms with Gasteiger partial charge < -0.3 is 20.3 Å². The summed E-state index contributed by atoms with van der Waals surface area (Å²) in [5, 5.41) is 6.73. The summed E-state index contributed by atoms with van der Waals surface area (Å²) in [5.74, 6) is 1.01. The van der Waals surface area contributed by atoms with Crippen LogP contribution in [0.25, 0.3) is 0 Å². The lowest BCUT2D eigenvalue weighted by Crippen LogP contribution is -2.64. The zero-order valence-corrected chi connectivity index (χ0v) is 18.7. The van der Waals surface area contributed by atoms with Gasteiger partial charge in [-0.2, -0.15) is 0 Å². The highest BCUT2D eigenvalue weighted by Gasteiger charge is 2.47.